The fourth-order valence-corrected chi connectivity index (χ4v) is 4.16. The Bertz CT molecular complexity index is 403. The monoisotopic (exact) mass is 258 g/mol. The minimum atomic E-state index is -3.23. The first-order chi connectivity index (χ1) is 7.96. The Labute approximate surface area is 104 Å². The Kier molecular flexibility index (Phi) is 3.61. The molecule has 17 heavy (non-hydrogen) atoms. The van der Waals surface area contributed by atoms with Gasteiger partial charge in [-0.3, -0.25) is 0 Å². The van der Waals surface area contributed by atoms with Crippen LogP contribution in [0.4, 0.5) is 0 Å². The van der Waals surface area contributed by atoms with E-state index in [1.165, 1.54) is 4.31 Å². The molecular weight excluding hydrogens is 236 g/mol. The molecule has 98 valence electrons. The van der Waals surface area contributed by atoms with Gasteiger partial charge >= 0.3 is 0 Å². The van der Waals surface area contributed by atoms with Crippen molar-refractivity contribution >= 4 is 10.2 Å². The fraction of sp³-hybridized carbons (Fsp3) is 0.833. The molecule has 0 bridgehead atoms. The molecule has 0 radical (unpaired) electrons. The molecule has 1 spiro atoms. The lowest BCUT2D eigenvalue weighted by Gasteiger charge is -2.43. The zero-order valence-corrected chi connectivity index (χ0v) is 11.5. The van der Waals surface area contributed by atoms with Gasteiger partial charge in [0.1, 0.15) is 0 Å². The van der Waals surface area contributed by atoms with Gasteiger partial charge in [0.15, 0.2) is 0 Å². The lowest BCUT2D eigenvalue weighted by atomic mass is 9.72. The van der Waals surface area contributed by atoms with Crippen LogP contribution in [-0.2, 0) is 10.2 Å². The van der Waals surface area contributed by atoms with Crippen LogP contribution in [0.1, 0.15) is 32.1 Å². The van der Waals surface area contributed by atoms with Crippen molar-refractivity contribution in [2.75, 3.05) is 27.2 Å². The molecule has 1 fully saturated rings. The summed E-state index contributed by atoms with van der Waals surface area (Å²) in [6.07, 6.45) is 9.84. The number of nitrogens with zero attached hydrogens (tertiary/aromatic N) is 2. The fourth-order valence-electron chi connectivity index (χ4n) is 2.90. The molecule has 0 amide bonds. The van der Waals surface area contributed by atoms with E-state index < -0.39 is 10.2 Å². The van der Waals surface area contributed by atoms with Crippen LogP contribution in [0.15, 0.2) is 12.2 Å². The average molecular weight is 258 g/mol. The Morgan fingerprint density at radius 2 is 2.00 bits per heavy atom. The van der Waals surface area contributed by atoms with Crippen molar-refractivity contribution in [3.63, 3.8) is 0 Å². The lowest BCUT2D eigenvalue weighted by molar-refractivity contribution is 0.129. The van der Waals surface area contributed by atoms with Crippen LogP contribution < -0.4 is 0 Å². The predicted octanol–water partition coefficient (Wildman–Crippen LogP) is 1.62. The van der Waals surface area contributed by atoms with Crippen molar-refractivity contribution in [2.24, 2.45) is 5.41 Å². The van der Waals surface area contributed by atoms with E-state index in [9.17, 15) is 8.42 Å². The maximum atomic E-state index is 12.1. The van der Waals surface area contributed by atoms with Crippen LogP contribution in [-0.4, -0.2) is 44.2 Å². The van der Waals surface area contributed by atoms with Gasteiger partial charge in [0.05, 0.1) is 0 Å². The SMILES string of the molecule is CN(C)S(=O)(=O)N1CCC[C@]2(CC=CCC2)C1. The smallest absolute Gasteiger partial charge is 0.195 e. The van der Waals surface area contributed by atoms with Crippen LogP contribution in [0.3, 0.4) is 0 Å². The van der Waals surface area contributed by atoms with Crippen molar-refractivity contribution in [1.29, 1.82) is 0 Å². The second-order valence-corrected chi connectivity index (χ2v) is 7.58. The lowest BCUT2D eigenvalue weighted by Crippen LogP contribution is -2.49. The standard InChI is InChI=1S/C12H22N2O2S/c1-13(2)17(15,16)14-10-6-9-12(11-14)7-4-3-5-8-12/h3-4H,5-11H2,1-2H3/t12-/m1/s1. The van der Waals surface area contributed by atoms with Crippen LogP contribution in [0, 0.1) is 5.41 Å². The number of allylic oxidation sites excluding steroid dienone is 2. The van der Waals surface area contributed by atoms with Gasteiger partial charge in [-0.15, -0.1) is 0 Å². The Morgan fingerprint density at radius 3 is 2.59 bits per heavy atom. The van der Waals surface area contributed by atoms with Gasteiger partial charge in [-0.25, -0.2) is 0 Å². The Hall–Kier alpha value is -0.390. The van der Waals surface area contributed by atoms with Gasteiger partial charge in [-0.2, -0.15) is 17.0 Å². The molecule has 0 aromatic heterocycles. The molecule has 5 heteroatoms. The van der Waals surface area contributed by atoms with E-state index in [1.54, 1.807) is 18.4 Å². The topological polar surface area (TPSA) is 40.6 Å². The normalized spacial score (nSPS) is 31.2. The molecule has 1 aliphatic carbocycles. The van der Waals surface area contributed by atoms with Crippen LogP contribution in [0.25, 0.3) is 0 Å². The summed E-state index contributed by atoms with van der Waals surface area (Å²) in [5, 5.41) is 0. The van der Waals surface area contributed by atoms with E-state index in [0.29, 0.717) is 13.1 Å². The molecule has 0 aromatic rings. The van der Waals surface area contributed by atoms with Gasteiger partial charge in [0.25, 0.3) is 10.2 Å². The maximum absolute atomic E-state index is 12.1. The van der Waals surface area contributed by atoms with E-state index >= 15 is 0 Å². The quantitative estimate of drug-likeness (QED) is 0.706. The van der Waals surface area contributed by atoms with E-state index in [0.717, 1.165) is 32.1 Å². The summed E-state index contributed by atoms with van der Waals surface area (Å²) in [6.45, 7) is 1.36. The van der Waals surface area contributed by atoms with E-state index in [1.807, 2.05) is 0 Å². The second-order valence-electron chi connectivity index (χ2n) is 5.44. The molecule has 1 saturated heterocycles. The molecule has 2 aliphatic rings. The van der Waals surface area contributed by atoms with Crippen LogP contribution >= 0.6 is 0 Å². The van der Waals surface area contributed by atoms with Gasteiger partial charge in [0, 0.05) is 27.2 Å². The molecule has 0 aromatic carbocycles. The molecule has 0 unspecified atom stereocenters. The highest BCUT2D eigenvalue weighted by Crippen LogP contribution is 2.41. The highest BCUT2D eigenvalue weighted by Gasteiger charge is 2.39. The van der Waals surface area contributed by atoms with Gasteiger partial charge in [0.2, 0.25) is 0 Å². The average Bonchev–Trinajstić information content (AvgIpc) is 2.30. The first-order valence-electron chi connectivity index (χ1n) is 6.29. The Balaban J connectivity index is 2.15. The predicted molar refractivity (Wildman–Crippen MR) is 68.8 cm³/mol. The molecule has 1 heterocycles. The highest BCUT2D eigenvalue weighted by molar-refractivity contribution is 7.86. The van der Waals surface area contributed by atoms with Crippen molar-refractivity contribution in [1.82, 2.24) is 8.61 Å². The third kappa shape index (κ3) is 2.56. The third-order valence-electron chi connectivity index (χ3n) is 3.97. The van der Waals surface area contributed by atoms with Crippen molar-refractivity contribution in [3.8, 4) is 0 Å². The van der Waals surface area contributed by atoms with Crippen molar-refractivity contribution in [3.05, 3.63) is 12.2 Å². The summed E-state index contributed by atoms with van der Waals surface area (Å²) in [5.41, 5.74) is 0.204. The summed E-state index contributed by atoms with van der Waals surface area (Å²) in [7, 11) is -0.0157. The van der Waals surface area contributed by atoms with Crippen molar-refractivity contribution in [2.45, 2.75) is 32.1 Å². The van der Waals surface area contributed by atoms with E-state index in [-0.39, 0.29) is 5.41 Å². The minimum Gasteiger partial charge on any atom is -0.195 e. The first-order valence-corrected chi connectivity index (χ1v) is 7.69. The van der Waals surface area contributed by atoms with E-state index in [4.69, 9.17) is 0 Å². The molecule has 1 aliphatic heterocycles. The Morgan fingerprint density at radius 1 is 1.24 bits per heavy atom. The van der Waals surface area contributed by atoms with E-state index in [2.05, 4.69) is 12.2 Å². The minimum absolute atomic E-state index is 0.204. The number of piperidine rings is 1. The molecule has 2 rings (SSSR count). The van der Waals surface area contributed by atoms with Gasteiger partial charge < -0.3 is 0 Å². The molecule has 0 N–H and O–H groups in total. The first kappa shape index (κ1) is 13.1. The summed E-state index contributed by atoms with van der Waals surface area (Å²) < 4.78 is 27.3. The summed E-state index contributed by atoms with van der Waals surface area (Å²) in [4.78, 5) is 0. The van der Waals surface area contributed by atoms with Crippen LogP contribution in [0.5, 0.6) is 0 Å². The van der Waals surface area contributed by atoms with Gasteiger partial charge in [-0.1, -0.05) is 12.2 Å². The zero-order chi connectivity index (χ0) is 12.5. The molecule has 0 saturated carbocycles. The largest absolute Gasteiger partial charge is 0.281 e. The summed E-state index contributed by atoms with van der Waals surface area (Å²) >= 11 is 0. The van der Waals surface area contributed by atoms with Crippen LogP contribution in [0.2, 0.25) is 0 Å². The van der Waals surface area contributed by atoms with Crippen molar-refractivity contribution < 1.29 is 8.42 Å². The molecule has 1 atom stereocenters. The molecule has 4 nitrogen and oxygen atoms in total. The second kappa shape index (κ2) is 4.71. The number of hydrogen-bond donors (Lipinski definition) is 0. The number of rotatable bonds is 2. The number of hydrogen-bond acceptors (Lipinski definition) is 2. The molecular formula is C12H22N2O2S. The zero-order valence-electron chi connectivity index (χ0n) is 10.7. The van der Waals surface area contributed by atoms with Gasteiger partial charge in [-0.05, 0) is 37.5 Å². The summed E-state index contributed by atoms with van der Waals surface area (Å²) in [5.74, 6) is 0. The summed E-state index contributed by atoms with van der Waals surface area (Å²) in [6, 6.07) is 0. The highest BCUT2D eigenvalue weighted by atomic mass is 32.2. The maximum Gasteiger partial charge on any atom is 0.281 e. The third-order valence-corrected chi connectivity index (χ3v) is 5.86.